The molecule has 0 atom stereocenters. The fraction of sp³-hybridized carbons (Fsp3) is 0.250. The van der Waals surface area contributed by atoms with E-state index in [2.05, 4.69) is 10.6 Å². The molecule has 3 heteroatoms. The molecule has 0 heterocycles. The van der Waals surface area contributed by atoms with Crippen LogP contribution in [0.25, 0.3) is 0 Å². The first-order chi connectivity index (χ1) is 5.34. The van der Waals surface area contributed by atoms with Crippen LogP contribution in [0.15, 0.2) is 24.3 Å². The second-order valence-corrected chi connectivity index (χ2v) is 2.59. The van der Waals surface area contributed by atoms with Gasteiger partial charge < -0.3 is 10.6 Å². The Hall–Kier alpha value is -0.730. The zero-order chi connectivity index (χ0) is 8.10. The van der Waals surface area contributed by atoms with Crippen molar-refractivity contribution >= 4 is 17.3 Å². The minimum absolute atomic E-state index is 0.726. The third kappa shape index (κ3) is 2.41. The highest BCUT2D eigenvalue weighted by Crippen LogP contribution is 2.19. The molecule has 1 aromatic carbocycles. The average molecular weight is 171 g/mol. The summed E-state index contributed by atoms with van der Waals surface area (Å²) in [5.41, 5.74) is 0.962. The van der Waals surface area contributed by atoms with E-state index in [9.17, 15) is 0 Å². The second-order valence-electron chi connectivity index (χ2n) is 2.19. The predicted molar refractivity (Wildman–Crippen MR) is 49.0 cm³/mol. The number of hydrogen-bond acceptors (Lipinski definition) is 2. The molecule has 0 saturated heterocycles. The van der Waals surface area contributed by atoms with Gasteiger partial charge in [0.05, 0.1) is 17.4 Å². The number of rotatable bonds is 3. The number of halogens is 1. The van der Waals surface area contributed by atoms with Gasteiger partial charge in [0.2, 0.25) is 0 Å². The highest BCUT2D eigenvalue weighted by molar-refractivity contribution is 6.33. The molecular formula is C8H11ClN2. The SMILES string of the molecule is CNCNc1ccccc1Cl. The Morgan fingerprint density at radius 1 is 1.36 bits per heavy atom. The molecule has 1 rings (SSSR count). The van der Waals surface area contributed by atoms with Gasteiger partial charge in [0.1, 0.15) is 0 Å². The van der Waals surface area contributed by atoms with Crippen molar-refractivity contribution in [3.63, 3.8) is 0 Å². The standard InChI is InChI=1S/C8H11ClN2/c1-10-6-11-8-5-3-2-4-7(8)9/h2-5,10-11H,6H2,1H3. The second kappa shape index (κ2) is 4.21. The predicted octanol–water partition coefficient (Wildman–Crippen LogP) is 1.93. The summed E-state index contributed by atoms with van der Waals surface area (Å²) >= 11 is 5.87. The van der Waals surface area contributed by atoms with Crippen LogP contribution in [0.4, 0.5) is 5.69 Å². The Bertz CT molecular complexity index is 225. The van der Waals surface area contributed by atoms with Crippen molar-refractivity contribution in [3.8, 4) is 0 Å². The van der Waals surface area contributed by atoms with Gasteiger partial charge in [-0.15, -0.1) is 0 Å². The highest BCUT2D eigenvalue weighted by atomic mass is 35.5. The van der Waals surface area contributed by atoms with Gasteiger partial charge in [-0.25, -0.2) is 0 Å². The molecule has 0 aromatic heterocycles. The minimum atomic E-state index is 0.726. The minimum Gasteiger partial charge on any atom is -0.371 e. The van der Waals surface area contributed by atoms with Gasteiger partial charge in [0, 0.05) is 0 Å². The third-order valence-corrected chi connectivity index (χ3v) is 1.66. The molecule has 0 spiro atoms. The van der Waals surface area contributed by atoms with E-state index in [4.69, 9.17) is 11.6 Å². The number of para-hydroxylation sites is 1. The van der Waals surface area contributed by atoms with Gasteiger partial charge in [-0.2, -0.15) is 0 Å². The maximum Gasteiger partial charge on any atom is 0.0651 e. The molecule has 0 aliphatic heterocycles. The molecule has 0 unspecified atom stereocenters. The topological polar surface area (TPSA) is 24.1 Å². The molecular weight excluding hydrogens is 160 g/mol. The summed E-state index contributed by atoms with van der Waals surface area (Å²) in [5, 5.41) is 6.85. The molecule has 2 nitrogen and oxygen atoms in total. The van der Waals surface area contributed by atoms with Gasteiger partial charge >= 0.3 is 0 Å². The lowest BCUT2D eigenvalue weighted by atomic mass is 10.3. The van der Waals surface area contributed by atoms with E-state index in [0.717, 1.165) is 17.4 Å². The van der Waals surface area contributed by atoms with Crippen molar-refractivity contribution in [1.29, 1.82) is 0 Å². The molecule has 2 N–H and O–H groups in total. The molecule has 11 heavy (non-hydrogen) atoms. The first-order valence-electron chi connectivity index (χ1n) is 3.47. The third-order valence-electron chi connectivity index (χ3n) is 1.33. The summed E-state index contributed by atoms with van der Waals surface area (Å²) in [4.78, 5) is 0. The van der Waals surface area contributed by atoms with Gasteiger partial charge in [0.25, 0.3) is 0 Å². The van der Waals surface area contributed by atoms with Crippen molar-refractivity contribution in [2.24, 2.45) is 0 Å². The van der Waals surface area contributed by atoms with Gasteiger partial charge in [-0.3, -0.25) is 0 Å². The summed E-state index contributed by atoms with van der Waals surface area (Å²) in [6, 6.07) is 7.66. The lowest BCUT2D eigenvalue weighted by molar-refractivity contribution is 0.874. The Labute approximate surface area is 71.6 Å². The quantitative estimate of drug-likeness (QED) is 0.678. The van der Waals surface area contributed by atoms with Crippen LogP contribution < -0.4 is 10.6 Å². The van der Waals surface area contributed by atoms with Crippen LogP contribution in [0.5, 0.6) is 0 Å². The van der Waals surface area contributed by atoms with Crippen LogP contribution in [0, 0.1) is 0 Å². The lowest BCUT2D eigenvalue weighted by Gasteiger charge is -2.05. The molecule has 0 aliphatic rings. The number of anilines is 1. The lowest BCUT2D eigenvalue weighted by Crippen LogP contribution is -2.16. The van der Waals surface area contributed by atoms with Crippen LogP contribution in [-0.2, 0) is 0 Å². The molecule has 0 bridgehead atoms. The summed E-state index contributed by atoms with van der Waals surface area (Å²) in [6.07, 6.45) is 0. The summed E-state index contributed by atoms with van der Waals surface area (Å²) < 4.78 is 0. The number of nitrogens with one attached hydrogen (secondary N) is 2. The van der Waals surface area contributed by atoms with Crippen LogP contribution in [0.2, 0.25) is 5.02 Å². The van der Waals surface area contributed by atoms with E-state index >= 15 is 0 Å². The summed E-state index contributed by atoms with van der Waals surface area (Å²) in [5.74, 6) is 0. The van der Waals surface area contributed by atoms with E-state index in [1.807, 2.05) is 31.3 Å². The first-order valence-corrected chi connectivity index (χ1v) is 3.85. The molecule has 0 aliphatic carbocycles. The molecule has 0 saturated carbocycles. The van der Waals surface area contributed by atoms with Crippen molar-refractivity contribution in [2.75, 3.05) is 19.0 Å². The van der Waals surface area contributed by atoms with E-state index in [0.29, 0.717) is 0 Å². The van der Waals surface area contributed by atoms with Gasteiger partial charge in [-0.1, -0.05) is 23.7 Å². The summed E-state index contributed by atoms with van der Waals surface area (Å²) in [6.45, 7) is 0.726. The number of benzene rings is 1. The molecule has 0 amide bonds. The fourth-order valence-electron chi connectivity index (χ4n) is 0.788. The van der Waals surface area contributed by atoms with Crippen LogP contribution in [0.3, 0.4) is 0 Å². The number of hydrogen-bond donors (Lipinski definition) is 2. The molecule has 1 aromatic rings. The molecule has 0 fully saturated rings. The monoisotopic (exact) mass is 170 g/mol. The first kappa shape index (κ1) is 8.37. The largest absolute Gasteiger partial charge is 0.371 e. The van der Waals surface area contributed by atoms with Gasteiger partial charge in [-0.05, 0) is 19.2 Å². The van der Waals surface area contributed by atoms with E-state index in [1.165, 1.54) is 0 Å². The maximum absolute atomic E-state index is 5.87. The van der Waals surface area contributed by atoms with Crippen LogP contribution in [0.1, 0.15) is 0 Å². The van der Waals surface area contributed by atoms with Crippen molar-refractivity contribution < 1.29 is 0 Å². The van der Waals surface area contributed by atoms with Crippen molar-refractivity contribution in [2.45, 2.75) is 0 Å². The zero-order valence-corrected chi connectivity index (χ0v) is 7.15. The van der Waals surface area contributed by atoms with Crippen molar-refractivity contribution in [1.82, 2.24) is 5.32 Å². The zero-order valence-electron chi connectivity index (χ0n) is 6.39. The highest BCUT2D eigenvalue weighted by Gasteiger charge is 1.94. The smallest absolute Gasteiger partial charge is 0.0651 e. The maximum atomic E-state index is 5.87. The van der Waals surface area contributed by atoms with Crippen molar-refractivity contribution in [3.05, 3.63) is 29.3 Å². The van der Waals surface area contributed by atoms with Gasteiger partial charge in [0.15, 0.2) is 0 Å². The average Bonchev–Trinajstić information content (AvgIpc) is 2.03. The van der Waals surface area contributed by atoms with Crippen LogP contribution in [-0.4, -0.2) is 13.7 Å². The molecule has 0 radical (unpaired) electrons. The normalized spacial score (nSPS) is 9.64. The Morgan fingerprint density at radius 3 is 2.73 bits per heavy atom. The Morgan fingerprint density at radius 2 is 2.09 bits per heavy atom. The van der Waals surface area contributed by atoms with E-state index < -0.39 is 0 Å². The summed E-state index contributed by atoms with van der Waals surface area (Å²) in [7, 11) is 1.88. The van der Waals surface area contributed by atoms with Crippen LogP contribution >= 0.6 is 11.6 Å². The Kier molecular flexibility index (Phi) is 3.20. The van der Waals surface area contributed by atoms with E-state index in [-0.39, 0.29) is 0 Å². The van der Waals surface area contributed by atoms with E-state index in [1.54, 1.807) is 0 Å². The Balaban J connectivity index is 2.62. The fourth-order valence-corrected chi connectivity index (χ4v) is 0.991. The molecule has 60 valence electrons.